The van der Waals surface area contributed by atoms with E-state index in [-0.39, 0.29) is 0 Å². The lowest BCUT2D eigenvalue weighted by molar-refractivity contribution is 1.32. The van der Waals surface area contributed by atoms with Crippen LogP contribution in [-0.4, -0.2) is 9.97 Å². The van der Waals surface area contributed by atoms with Crippen LogP contribution in [0, 0.1) is 0 Å². The lowest BCUT2D eigenvalue weighted by atomic mass is 9.97. The minimum Gasteiger partial charge on any atom is -0.244 e. The summed E-state index contributed by atoms with van der Waals surface area (Å²) in [7, 11) is -0.631. The average Bonchev–Trinajstić information content (AvgIpc) is 3.64. The zero-order chi connectivity index (χ0) is 30.2. The van der Waals surface area contributed by atoms with Crippen molar-refractivity contribution in [1.29, 1.82) is 0 Å². The molecule has 2 nitrogen and oxygen atoms in total. The molecule has 4 heteroatoms. The van der Waals surface area contributed by atoms with Gasteiger partial charge in [0.15, 0.2) is 0 Å². The van der Waals surface area contributed by atoms with Crippen molar-refractivity contribution in [2.75, 3.05) is 0 Å². The topological polar surface area (TPSA) is 25.8 Å². The molecule has 1 aliphatic carbocycles. The largest absolute Gasteiger partial charge is 0.244 e. The Morgan fingerprint density at radius 1 is 0.413 bits per heavy atom. The monoisotopic (exact) mass is 620 g/mol. The van der Waals surface area contributed by atoms with Gasteiger partial charge in [-0.25, -0.2) is 9.97 Å². The van der Waals surface area contributed by atoms with Crippen molar-refractivity contribution in [1.82, 2.24) is 9.97 Å². The third-order valence-electron chi connectivity index (χ3n) is 9.16. The maximum atomic E-state index is 5.11. The van der Waals surface area contributed by atoms with E-state index >= 15 is 0 Å². The first-order valence-electron chi connectivity index (χ1n) is 15.5. The van der Waals surface area contributed by atoms with Crippen LogP contribution in [0.15, 0.2) is 152 Å². The quantitative estimate of drug-likeness (QED) is 0.183. The van der Waals surface area contributed by atoms with Crippen molar-refractivity contribution in [2.45, 2.75) is 0 Å². The molecule has 7 aromatic carbocycles. The second kappa shape index (κ2) is 10.2. The number of para-hydroxylation sites is 2. The highest BCUT2D eigenvalue weighted by atomic mass is 32.1. The molecule has 0 saturated heterocycles. The summed E-state index contributed by atoms with van der Waals surface area (Å²) in [5.41, 5.74) is 8.72. The molecule has 9 aromatic rings. The van der Waals surface area contributed by atoms with Gasteiger partial charge >= 0.3 is 0 Å². The number of rotatable bonds is 4. The zero-order valence-corrected chi connectivity index (χ0v) is 26.4. The summed E-state index contributed by atoms with van der Waals surface area (Å²) in [6.45, 7) is 0. The molecule has 0 spiro atoms. The third-order valence-corrected chi connectivity index (χ3v) is 12.7. The standard InChI is InChI=1S/C42H25N2PS/c1-3-10-28(11-4-1)45(29-12-5-2-6-13-29)30-21-18-26(19-22-30)27-20-23-37-33(24-27)40-31-14-9-15-32-39(31)34(25-38(40)46-37)42-41(32)43-35-16-7-8-17-36(35)44-42/h1-25H. The number of aromatic nitrogens is 2. The fourth-order valence-electron chi connectivity index (χ4n) is 7.09. The van der Waals surface area contributed by atoms with E-state index in [9.17, 15) is 0 Å². The van der Waals surface area contributed by atoms with Crippen molar-refractivity contribution < 1.29 is 0 Å². The Balaban J connectivity index is 1.11. The first-order chi connectivity index (χ1) is 22.8. The van der Waals surface area contributed by atoms with Gasteiger partial charge in [0.1, 0.15) is 0 Å². The summed E-state index contributed by atoms with van der Waals surface area (Å²) in [4.78, 5) is 10.2. The molecule has 0 atom stereocenters. The minimum absolute atomic E-state index is 0.631. The second-order valence-electron chi connectivity index (χ2n) is 11.8. The zero-order valence-electron chi connectivity index (χ0n) is 24.7. The molecule has 0 N–H and O–H groups in total. The fourth-order valence-corrected chi connectivity index (χ4v) is 10.5. The van der Waals surface area contributed by atoms with Crippen LogP contribution < -0.4 is 15.9 Å². The summed E-state index contributed by atoms with van der Waals surface area (Å²) in [5, 5.41) is 9.28. The highest BCUT2D eigenvalue weighted by Crippen LogP contribution is 2.51. The van der Waals surface area contributed by atoms with Gasteiger partial charge in [0.25, 0.3) is 0 Å². The van der Waals surface area contributed by atoms with E-state index in [1.807, 2.05) is 23.5 Å². The van der Waals surface area contributed by atoms with Crippen LogP contribution in [0.4, 0.5) is 0 Å². The fraction of sp³-hybridized carbons (Fsp3) is 0. The van der Waals surface area contributed by atoms with Gasteiger partial charge < -0.3 is 0 Å². The Morgan fingerprint density at radius 2 is 1.02 bits per heavy atom. The van der Waals surface area contributed by atoms with Gasteiger partial charge in [0.2, 0.25) is 0 Å². The van der Waals surface area contributed by atoms with Crippen molar-refractivity contribution in [3.8, 4) is 33.6 Å². The van der Waals surface area contributed by atoms with E-state index in [1.165, 1.54) is 69.1 Å². The Kier molecular flexibility index (Phi) is 5.75. The number of benzene rings is 7. The molecule has 214 valence electrons. The Hall–Kier alpha value is -5.21. The summed E-state index contributed by atoms with van der Waals surface area (Å²) >= 11 is 1.87. The number of hydrogen-bond acceptors (Lipinski definition) is 3. The molecular weight excluding hydrogens is 596 g/mol. The average molecular weight is 621 g/mol. The molecular formula is C42H25N2PS. The molecule has 0 fully saturated rings. The molecule has 0 radical (unpaired) electrons. The molecule has 46 heavy (non-hydrogen) atoms. The van der Waals surface area contributed by atoms with E-state index in [2.05, 4.69) is 140 Å². The highest BCUT2D eigenvalue weighted by Gasteiger charge is 2.27. The number of thiophene rings is 1. The summed E-state index contributed by atoms with van der Waals surface area (Å²) in [6, 6.07) is 55.2. The first kappa shape index (κ1) is 26.1. The van der Waals surface area contributed by atoms with Crippen LogP contribution in [0.3, 0.4) is 0 Å². The summed E-state index contributed by atoms with van der Waals surface area (Å²) < 4.78 is 2.60. The SMILES string of the molecule is c1ccc(P(c2ccccc2)c2ccc(-c3ccc4sc5cc6c7c(cccc7c5c4c3)-c3nc4ccccc4nc3-6)cc2)cc1. The van der Waals surface area contributed by atoms with Crippen LogP contribution >= 0.6 is 19.3 Å². The van der Waals surface area contributed by atoms with Crippen LogP contribution in [0.1, 0.15) is 0 Å². The van der Waals surface area contributed by atoms with Crippen molar-refractivity contribution in [3.05, 3.63) is 152 Å². The van der Waals surface area contributed by atoms with E-state index in [0.717, 1.165) is 22.4 Å². The van der Waals surface area contributed by atoms with Crippen molar-refractivity contribution in [3.63, 3.8) is 0 Å². The minimum atomic E-state index is -0.631. The van der Waals surface area contributed by atoms with Gasteiger partial charge in [0.05, 0.1) is 22.4 Å². The lowest BCUT2D eigenvalue weighted by Gasteiger charge is -2.19. The van der Waals surface area contributed by atoms with E-state index in [4.69, 9.17) is 9.97 Å². The number of nitrogens with zero attached hydrogens (tertiary/aromatic N) is 2. The van der Waals surface area contributed by atoms with Crippen molar-refractivity contribution in [2.24, 2.45) is 0 Å². The lowest BCUT2D eigenvalue weighted by Crippen LogP contribution is -2.20. The molecule has 2 aromatic heterocycles. The van der Waals surface area contributed by atoms with Gasteiger partial charge in [-0.15, -0.1) is 11.3 Å². The Morgan fingerprint density at radius 3 is 1.72 bits per heavy atom. The highest BCUT2D eigenvalue weighted by molar-refractivity contribution is 7.79. The molecule has 0 bridgehead atoms. The Labute approximate surface area is 271 Å². The predicted octanol–water partition coefficient (Wildman–Crippen LogP) is 10.2. The first-order valence-corrected chi connectivity index (χ1v) is 17.7. The maximum absolute atomic E-state index is 5.11. The predicted molar refractivity (Wildman–Crippen MR) is 199 cm³/mol. The van der Waals surface area contributed by atoms with Crippen LogP contribution in [0.5, 0.6) is 0 Å². The molecule has 0 unspecified atom stereocenters. The van der Waals surface area contributed by atoms with Gasteiger partial charge in [-0.05, 0) is 70.7 Å². The van der Waals surface area contributed by atoms with Gasteiger partial charge in [-0.3, -0.25) is 0 Å². The molecule has 0 amide bonds. The molecule has 0 aliphatic heterocycles. The van der Waals surface area contributed by atoms with Crippen molar-refractivity contribution >= 4 is 77.2 Å². The molecule has 0 saturated carbocycles. The van der Waals surface area contributed by atoms with E-state index in [1.54, 1.807) is 0 Å². The van der Waals surface area contributed by atoms with Crippen LogP contribution in [0.25, 0.3) is 75.6 Å². The third kappa shape index (κ3) is 3.93. The summed E-state index contributed by atoms with van der Waals surface area (Å²) in [6.07, 6.45) is 0. The Bertz CT molecular complexity index is 2590. The smallest absolute Gasteiger partial charge is 0.0980 e. The van der Waals surface area contributed by atoms with E-state index < -0.39 is 7.92 Å². The van der Waals surface area contributed by atoms with Gasteiger partial charge in [0, 0.05) is 36.7 Å². The maximum Gasteiger partial charge on any atom is 0.0980 e. The molecule has 1 aliphatic rings. The number of hydrogen-bond donors (Lipinski definition) is 0. The second-order valence-corrected chi connectivity index (χ2v) is 15.1. The number of fused-ring (bicyclic) bond motifs is 8. The van der Waals surface area contributed by atoms with Crippen LogP contribution in [0.2, 0.25) is 0 Å². The summed E-state index contributed by atoms with van der Waals surface area (Å²) in [5.74, 6) is 0. The van der Waals surface area contributed by atoms with Gasteiger partial charge in [-0.2, -0.15) is 0 Å². The molecule has 10 rings (SSSR count). The van der Waals surface area contributed by atoms with Gasteiger partial charge in [-0.1, -0.05) is 121 Å². The normalized spacial score (nSPS) is 12.1. The molecule has 2 heterocycles. The van der Waals surface area contributed by atoms with E-state index in [0.29, 0.717) is 0 Å². The van der Waals surface area contributed by atoms with Crippen LogP contribution in [-0.2, 0) is 0 Å².